The van der Waals surface area contributed by atoms with Crippen molar-refractivity contribution < 1.29 is 19.6 Å². The molecule has 0 radical (unpaired) electrons. The summed E-state index contributed by atoms with van der Waals surface area (Å²) in [5, 5.41) is 37.1. The van der Waals surface area contributed by atoms with E-state index in [1.165, 1.54) is 6.08 Å². The van der Waals surface area contributed by atoms with Crippen molar-refractivity contribution in [3.63, 3.8) is 0 Å². The van der Waals surface area contributed by atoms with Crippen molar-refractivity contribution in [2.45, 2.75) is 52.0 Å². The molecule has 0 rings (SSSR count). The third-order valence-electron chi connectivity index (χ3n) is 3.59. The van der Waals surface area contributed by atoms with Gasteiger partial charge in [0.2, 0.25) is 11.8 Å². The maximum atomic E-state index is 12.5. The number of guanidine groups is 1. The van der Waals surface area contributed by atoms with Crippen LogP contribution in [0.25, 0.3) is 0 Å². The van der Waals surface area contributed by atoms with Crippen LogP contribution in [-0.2, 0) is 9.59 Å². The SMILES string of the molecule is C/C=C/C(=O)N[C@@H](CCCNC(=N)NC)C(=O)N[C@@H](CC(C)C)B(O)O. The molecule has 0 saturated carbocycles. The molecule has 0 aliphatic rings. The van der Waals surface area contributed by atoms with Crippen molar-refractivity contribution in [3.05, 3.63) is 12.2 Å². The third kappa shape index (κ3) is 10.7. The van der Waals surface area contributed by atoms with E-state index < -0.39 is 30.9 Å². The molecule has 0 fully saturated rings. The van der Waals surface area contributed by atoms with Gasteiger partial charge in [0.15, 0.2) is 5.96 Å². The molecule has 0 aromatic heterocycles. The van der Waals surface area contributed by atoms with Gasteiger partial charge in [-0.05, 0) is 38.2 Å². The molecule has 2 atom stereocenters. The lowest BCUT2D eigenvalue weighted by molar-refractivity contribution is -0.127. The predicted octanol–water partition coefficient (Wildman–Crippen LogP) is -0.886. The Balaban J connectivity index is 4.85. The zero-order chi connectivity index (χ0) is 20.1. The van der Waals surface area contributed by atoms with Crippen molar-refractivity contribution in [1.29, 1.82) is 5.41 Å². The van der Waals surface area contributed by atoms with Crippen molar-refractivity contribution >= 4 is 24.9 Å². The molecule has 0 bridgehead atoms. The second-order valence-electron chi connectivity index (χ2n) is 6.41. The van der Waals surface area contributed by atoms with Crippen molar-refractivity contribution in [2.75, 3.05) is 13.6 Å². The molecule has 0 saturated heterocycles. The van der Waals surface area contributed by atoms with Crippen LogP contribution in [0.5, 0.6) is 0 Å². The van der Waals surface area contributed by atoms with Crippen LogP contribution in [0.15, 0.2) is 12.2 Å². The van der Waals surface area contributed by atoms with Gasteiger partial charge in [-0.3, -0.25) is 15.0 Å². The van der Waals surface area contributed by atoms with E-state index in [9.17, 15) is 19.6 Å². The van der Waals surface area contributed by atoms with E-state index in [1.807, 2.05) is 13.8 Å². The van der Waals surface area contributed by atoms with Crippen LogP contribution in [0, 0.1) is 11.3 Å². The summed E-state index contributed by atoms with van der Waals surface area (Å²) in [7, 11) is -0.0520. The standard InChI is InChI=1S/C16H32BN5O4/c1-5-7-14(23)21-12(8-6-9-20-16(18)19-4)15(24)22-13(17(25)26)10-11(2)3/h5,7,11-13,25-26H,6,8-10H2,1-4H3,(H,21,23)(H,22,24)(H3,18,19,20)/b7-5+/t12-,13-/m0/s1. The maximum absolute atomic E-state index is 12.5. The summed E-state index contributed by atoms with van der Waals surface area (Å²) in [4.78, 5) is 24.3. The number of allylic oxidation sites excluding steroid dienone is 1. The zero-order valence-electron chi connectivity index (χ0n) is 16.0. The summed E-state index contributed by atoms with van der Waals surface area (Å²) < 4.78 is 0. The first-order valence-corrected chi connectivity index (χ1v) is 8.81. The number of carbonyl (C=O) groups is 2. The lowest BCUT2D eigenvalue weighted by Crippen LogP contribution is -2.54. The Labute approximate surface area is 155 Å². The quantitative estimate of drug-likeness (QED) is 0.0827. The number of hydrogen-bond acceptors (Lipinski definition) is 5. The van der Waals surface area contributed by atoms with Crippen LogP contribution >= 0.6 is 0 Å². The molecule has 0 unspecified atom stereocenters. The summed E-state index contributed by atoms with van der Waals surface area (Å²) in [5.74, 6) is -1.34. The molecule has 26 heavy (non-hydrogen) atoms. The minimum Gasteiger partial charge on any atom is -0.426 e. The molecule has 0 aromatic rings. The predicted molar refractivity (Wildman–Crippen MR) is 102 cm³/mol. The van der Waals surface area contributed by atoms with Crippen LogP contribution in [0.4, 0.5) is 0 Å². The summed E-state index contributed by atoms with van der Waals surface area (Å²) in [5.41, 5.74) is 0. The highest BCUT2D eigenvalue weighted by atomic mass is 16.4. The van der Waals surface area contributed by atoms with E-state index in [0.717, 1.165) is 0 Å². The van der Waals surface area contributed by atoms with Gasteiger partial charge in [0.1, 0.15) is 6.04 Å². The number of hydrogen-bond donors (Lipinski definition) is 7. The van der Waals surface area contributed by atoms with Gasteiger partial charge >= 0.3 is 7.12 Å². The Hall–Kier alpha value is -2.07. The molecule has 0 heterocycles. The van der Waals surface area contributed by atoms with Gasteiger partial charge < -0.3 is 31.3 Å². The highest BCUT2D eigenvalue weighted by Crippen LogP contribution is 2.07. The summed E-state index contributed by atoms with van der Waals surface area (Å²) in [6.07, 6.45) is 4.17. The fraction of sp³-hybridized carbons (Fsp3) is 0.688. The monoisotopic (exact) mass is 369 g/mol. The molecule has 7 N–H and O–H groups in total. The molecular formula is C16H32BN5O4. The first kappa shape index (κ1) is 23.9. The highest BCUT2D eigenvalue weighted by Gasteiger charge is 2.29. The molecule has 10 heteroatoms. The summed E-state index contributed by atoms with van der Waals surface area (Å²) in [6.45, 7) is 5.98. The molecule has 0 aliphatic carbocycles. The fourth-order valence-corrected chi connectivity index (χ4v) is 2.29. The second kappa shape index (κ2) is 13.2. The topological polar surface area (TPSA) is 147 Å². The van der Waals surface area contributed by atoms with Crippen LogP contribution in [0.2, 0.25) is 0 Å². The van der Waals surface area contributed by atoms with Crippen LogP contribution in [0.1, 0.15) is 40.0 Å². The van der Waals surface area contributed by atoms with Crippen LogP contribution in [0.3, 0.4) is 0 Å². The molecule has 148 valence electrons. The van der Waals surface area contributed by atoms with E-state index in [-0.39, 0.29) is 11.9 Å². The Bertz CT molecular complexity index is 485. The maximum Gasteiger partial charge on any atom is 0.475 e. The average molecular weight is 369 g/mol. The van der Waals surface area contributed by atoms with Gasteiger partial charge in [-0.25, -0.2) is 0 Å². The summed E-state index contributed by atoms with van der Waals surface area (Å²) >= 11 is 0. The molecular weight excluding hydrogens is 337 g/mol. The lowest BCUT2D eigenvalue weighted by atomic mass is 9.75. The van der Waals surface area contributed by atoms with Crippen molar-refractivity contribution in [1.82, 2.24) is 21.3 Å². The van der Waals surface area contributed by atoms with Gasteiger partial charge in [0, 0.05) is 13.6 Å². The Morgan fingerprint density at radius 1 is 1.23 bits per heavy atom. The van der Waals surface area contributed by atoms with Crippen LogP contribution < -0.4 is 21.3 Å². The van der Waals surface area contributed by atoms with Crippen molar-refractivity contribution in [2.24, 2.45) is 5.92 Å². The van der Waals surface area contributed by atoms with Gasteiger partial charge in [0.25, 0.3) is 0 Å². The first-order valence-electron chi connectivity index (χ1n) is 8.81. The molecule has 0 aromatic carbocycles. The fourth-order valence-electron chi connectivity index (χ4n) is 2.29. The van der Waals surface area contributed by atoms with E-state index in [4.69, 9.17) is 5.41 Å². The molecule has 9 nitrogen and oxygen atoms in total. The van der Waals surface area contributed by atoms with Gasteiger partial charge in [-0.15, -0.1) is 0 Å². The lowest BCUT2D eigenvalue weighted by Gasteiger charge is -2.24. The van der Waals surface area contributed by atoms with E-state index in [0.29, 0.717) is 25.8 Å². The minimum absolute atomic E-state index is 0.162. The Kier molecular flexibility index (Phi) is 12.1. The highest BCUT2D eigenvalue weighted by molar-refractivity contribution is 6.43. The largest absolute Gasteiger partial charge is 0.475 e. The van der Waals surface area contributed by atoms with Gasteiger partial charge in [-0.2, -0.15) is 0 Å². The molecule has 2 amide bonds. The molecule has 0 aliphatic heterocycles. The normalized spacial score (nSPS) is 13.2. The van der Waals surface area contributed by atoms with E-state index in [1.54, 1.807) is 20.0 Å². The molecule has 0 spiro atoms. The number of carbonyl (C=O) groups excluding carboxylic acids is 2. The second-order valence-corrected chi connectivity index (χ2v) is 6.41. The average Bonchev–Trinajstić information content (AvgIpc) is 2.56. The Morgan fingerprint density at radius 2 is 1.88 bits per heavy atom. The van der Waals surface area contributed by atoms with Crippen molar-refractivity contribution in [3.8, 4) is 0 Å². The van der Waals surface area contributed by atoms with E-state index in [2.05, 4.69) is 21.3 Å². The van der Waals surface area contributed by atoms with Gasteiger partial charge in [-0.1, -0.05) is 19.9 Å². The van der Waals surface area contributed by atoms with Gasteiger partial charge in [0.05, 0.1) is 5.94 Å². The first-order chi connectivity index (χ1) is 12.2. The third-order valence-corrected chi connectivity index (χ3v) is 3.59. The Morgan fingerprint density at radius 3 is 2.38 bits per heavy atom. The number of rotatable bonds is 11. The van der Waals surface area contributed by atoms with E-state index >= 15 is 0 Å². The number of amides is 2. The van der Waals surface area contributed by atoms with Crippen LogP contribution in [-0.4, -0.2) is 60.5 Å². The smallest absolute Gasteiger partial charge is 0.426 e. The zero-order valence-corrected chi connectivity index (χ0v) is 16.0. The number of nitrogens with one attached hydrogen (secondary N) is 5. The summed E-state index contributed by atoms with van der Waals surface area (Å²) in [6, 6.07) is -0.808. The minimum atomic E-state index is -1.67.